The maximum Gasteiger partial charge on any atom is 0.338 e. The van der Waals surface area contributed by atoms with Gasteiger partial charge in [-0.1, -0.05) is 13.0 Å². The van der Waals surface area contributed by atoms with Crippen molar-refractivity contribution in [1.82, 2.24) is 19.3 Å². The first kappa shape index (κ1) is 22.9. The van der Waals surface area contributed by atoms with Gasteiger partial charge in [-0.2, -0.15) is 5.10 Å². The van der Waals surface area contributed by atoms with Gasteiger partial charge in [0.15, 0.2) is 5.65 Å². The molecule has 0 saturated heterocycles. The Labute approximate surface area is 196 Å². The summed E-state index contributed by atoms with van der Waals surface area (Å²) in [4.78, 5) is 41.7. The Bertz CT molecular complexity index is 1400. The number of hydrogen-bond acceptors (Lipinski definition) is 6. The molecule has 1 N–H and O–H groups in total. The number of fused-ring (bicyclic) bond motifs is 1. The Morgan fingerprint density at radius 3 is 2.44 bits per heavy atom. The Balaban J connectivity index is 1.49. The van der Waals surface area contributed by atoms with Gasteiger partial charge in [0.05, 0.1) is 24.1 Å². The highest BCUT2D eigenvalue weighted by atomic mass is 16.5. The number of amides is 1. The summed E-state index contributed by atoms with van der Waals surface area (Å²) in [5, 5.41) is 7.38. The molecule has 2 aromatic carbocycles. The molecule has 174 valence electrons. The van der Waals surface area contributed by atoms with E-state index in [1.165, 1.54) is 17.1 Å². The Kier molecular flexibility index (Phi) is 6.53. The van der Waals surface area contributed by atoms with Crippen molar-refractivity contribution in [1.29, 1.82) is 0 Å². The second kappa shape index (κ2) is 9.70. The van der Waals surface area contributed by atoms with E-state index in [1.807, 2.05) is 32.9 Å². The topological polar surface area (TPSA) is 108 Å². The average Bonchev–Trinajstić information content (AvgIpc) is 3.24. The molecule has 4 rings (SSSR count). The van der Waals surface area contributed by atoms with Crippen molar-refractivity contribution >= 4 is 28.6 Å². The summed E-state index contributed by atoms with van der Waals surface area (Å²) < 4.78 is 7.95. The summed E-state index contributed by atoms with van der Waals surface area (Å²) in [6, 6.07) is 12.4. The Hall–Kier alpha value is -4.27. The monoisotopic (exact) mass is 459 g/mol. The van der Waals surface area contributed by atoms with Crippen molar-refractivity contribution < 1.29 is 14.3 Å². The number of nitrogens with one attached hydrogen (secondary N) is 1. The molecule has 9 nitrogen and oxygen atoms in total. The predicted octanol–water partition coefficient (Wildman–Crippen LogP) is 3.40. The zero-order valence-electron chi connectivity index (χ0n) is 19.2. The molecule has 34 heavy (non-hydrogen) atoms. The quantitative estimate of drug-likeness (QED) is 0.425. The van der Waals surface area contributed by atoms with Gasteiger partial charge in [0.25, 0.3) is 5.56 Å². The maximum absolute atomic E-state index is 12.9. The van der Waals surface area contributed by atoms with E-state index in [4.69, 9.17) is 4.74 Å². The van der Waals surface area contributed by atoms with Crippen LogP contribution in [0.2, 0.25) is 0 Å². The van der Waals surface area contributed by atoms with Crippen molar-refractivity contribution in [2.24, 2.45) is 0 Å². The van der Waals surface area contributed by atoms with E-state index < -0.39 is 11.9 Å². The molecule has 0 aliphatic carbocycles. The molecule has 2 aromatic heterocycles. The highest BCUT2D eigenvalue weighted by Gasteiger charge is 2.14. The van der Waals surface area contributed by atoms with Gasteiger partial charge in [-0.15, -0.1) is 0 Å². The van der Waals surface area contributed by atoms with Gasteiger partial charge in [-0.3, -0.25) is 14.2 Å². The second-order valence-electron chi connectivity index (χ2n) is 8.08. The van der Waals surface area contributed by atoms with E-state index in [2.05, 4.69) is 21.5 Å². The summed E-state index contributed by atoms with van der Waals surface area (Å²) in [7, 11) is 0. The number of rotatable bonds is 7. The number of hydrogen-bond donors (Lipinski definition) is 1. The first-order chi connectivity index (χ1) is 16.4. The molecule has 0 unspecified atom stereocenters. The summed E-state index contributed by atoms with van der Waals surface area (Å²) >= 11 is 0. The lowest BCUT2D eigenvalue weighted by atomic mass is 10.1. The van der Waals surface area contributed by atoms with E-state index >= 15 is 0 Å². The standard InChI is InChI=1S/C25H25N5O4/c1-4-9-34-25(33)18-5-7-19(8-6-18)28-22(31)14-29-15-26-23-21(24(29)32)13-27-30(23)20-11-16(2)10-17(3)12-20/h5-8,10-13,15H,4,9,14H2,1-3H3,(H,28,31). The Morgan fingerprint density at radius 2 is 1.76 bits per heavy atom. The van der Waals surface area contributed by atoms with Crippen LogP contribution in [0.1, 0.15) is 34.8 Å². The van der Waals surface area contributed by atoms with Crippen LogP contribution < -0.4 is 10.9 Å². The minimum atomic E-state index is -0.410. The van der Waals surface area contributed by atoms with Crippen LogP contribution >= 0.6 is 0 Å². The smallest absolute Gasteiger partial charge is 0.338 e. The lowest BCUT2D eigenvalue weighted by Crippen LogP contribution is -2.27. The molecule has 2 heterocycles. The number of aryl methyl sites for hydroxylation is 2. The molecule has 0 saturated carbocycles. The number of aromatic nitrogens is 4. The SMILES string of the molecule is CCCOC(=O)c1ccc(NC(=O)Cn2cnc3c(cnn3-c3cc(C)cc(C)c3)c2=O)cc1. The lowest BCUT2D eigenvalue weighted by Gasteiger charge is -2.09. The van der Waals surface area contributed by atoms with Gasteiger partial charge < -0.3 is 10.1 Å². The first-order valence-electron chi connectivity index (χ1n) is 10.9. The summed E-state index contributed by atoms with van der Waals surface area (Å²) in [5.74, 6) is -0.807. The number of esters is 1. The third-order valence-corrected chi connectivity index (χ3v) is 5.16. The lowest BCUT2D eigenvalue weighted by molar-refractivity contribution is -0.116. The molecule has 1 amide bonds. The predicted molar refractivity (Wildman–Crippen MR) is 128 cm³/mol. The number of carbonyl (C=O) groups is 2. The molecule has 4 aromatic rings. The van der Waals surface area contributed by atoms with Gasteiger partial charge >= 0.3 is 5.97 Å². The van der Waals surface area contributed by atoms with Gasteiger partial charge in [0.1, 0.15) is 18.3 Å². The average molecular weight is 460 g/mol. The van der Waals surface area contributed by atoms with Crippen LogP contribution in [0.15, 0.2) is 59.8 Å². The van der Waals surface area contributed by atoms with Crippen LogP contribution in [-0.2, 0) is 16.1 Å². The first-order valence-corrected chi connectivity index (χ1v) is 10.9. The van der Waals surface area contributed by atoms with Crippen LogP contribution in [0.5, 0.6) is 0 Å². The third-order valence-electron chi connectivity index (χ3n) is 5.16. The Morgan fingerprint density at radius 1 is 1.06 bits per heavy atom. The van der Waals surface area contributed by atoms with Crippen LogP contribution in [0.4, 0.5) is 5.69 Å². The fourth-order valence-corrected chi connectivity index (χ4v) is 3.65. The minimum absolute atomic E-state index is 0.212. The molecule has 0 spiro atoms. The molecule has 0 aliphatic rings. The number of carbonyl (C=O) groups excluding carboxylic acids is 2. The van der Waals surface area contributed by atoms with Crippen LogP contribution in [0, 0.1) is 13.8 Å². The third kappa shape index (κ3) is 4.88. The normalized spacial score (nSPS) is 10.9. The fraction of sp³-hybridized carbons (Fsp3) is 0.240. The van der Waals surface area contributed by atoms with Gasteiger partial charge in [0, 0.05) is 5.69 Å². The van der Waals surface area contributed by atoms with Gasteiger partial charge in [0.2, 0.25) is 5.91 Å². The van der Waals surface area contributed by atoms with Gasteiger partial charge in [-0.25, -0.2) is 14.5 Å². The zero-order valence-corrected chi connectivity index (χ0v) is 19.2. The number of ether oxygens (including phenoxy) is 1. The molecule has 0 bridgehead atoms. The molecule has 9 heteroatoms. The molecule has 0 fully saturated rings. The maximum atomic E-state index is 12.9. The van der Waals surface area contributed by atoms with Crippen molar-refractivity contribution in [3.63, 3.8) is 0 Å². The van der Waals surface area contributed by atoms with E-state index in [-0.39, 0.29) is 12.1 Å². The highest BCUT2D eigenvalue weighted by molar-refractivity contribution is 5.93. The van der Waals surface area contributed by atoms with E-state index in [0.717, 1.165) is 23.2 Å². The molecule has 0 radical (unpaired) electrons. The van der Waals surface area contributed by atoms with Crippen LogP contribution in [0.3, 0.4) is 0 Å². The number of nitrogens with zero attached hydrogens (tertiary/aromatic N) is 4. The molecule has 0 atom stereocenters. The van der Waals surface area contributed by atoms with Crippen molar-refractivity contribution in [2.45, 2.75) is 33.7 Å². The second-order valence-corrected chi connectivity index (χ2v) is 8.08. The van der Waals surface area contributed by atoms with E-state index in [1.54, 1.807) is 28.9 Å². The molecule has 0 aliphatic heterocycles. The zero-order chi connectivity index (χ0) is 24.2. The van der Waals surface area contributed by atoms with Crippen molar-refractivity contribution in [3.8, 4) is 5.69 Å². The fourth-order valence-electron chi connectivity index (χ4n) is 3.65. The van der Waals surface area contributed by atoms with E-state index in [0.29, 0.717) is 28.9 Å². The minimum Gasteiger partial charge on any atom is -0.462 e. The van der Waals surface area contributed by atoms with Crippen LogP contribution in [-0.4, -0.2) is 37.8 Å². The largest absolute Gasteiger partial charge is 0.462 e. The highest BCUT2D eigenvalue weighted by Crippen LogP contribution is 2.17. The van der Waals surface area contributed by atoms with Gasteiger partial charge in [-0.05, 0) is 67.8 Å². The number of benzene rings is 2. The summed E-state index contributed by atoms with van der Waals surface area (Å²) in [5.41, 5.74) is 3.95. The van der Waals surface area contributed by atoms with Crippen molar-refractivity contribution in [3.05, 3.63) is 82.0 Å². The summed E-state index contributed by atoms with van der Waals surface area (Å²) in [6.07, 6.45) is 3.55. The van der Waals surface area contributed by atoms with Crippen molar-refractivity contribution in [2.75, 3.05) is 11.9 Å². The summed E-state index contributed by atoms with van der Waals surface area (Å²) in [6.45, 7) is 6.05. The van der Waals surface area contributed by atoms with E-state index in [9.17, 15) is 14.4 Å². The molecular formula is C25H25N5O4. The molecular weight excluding hydrogens is 434 g/mol. The number of anilines is 1. The van der Waals surface area contributed by atoms with Crippen LogP contribution in [0.25, 0.3) is 16.7 Å².